The van der Waals surface area contributed by atoms with Crippen LogP contribution in [0.1, 0.15) is 24.2 Å². The summed E-state index contributed by atoms with van der Waals surface area (Å²) in [4.78, 5) is 13.2. The molecule has 0 aliphatic carbocycles. The van der Waals surface area contributed by atoms with Gasteiger partial charge in [0.05, 0.1) is 21.8 Å². The highest BCUT2D eigenvalue weighted by molar-refractivity contribution is 9.10. The maximum atomic E-state index is 10.9. The molecule has 0 radical (unpaired) electrons. The van der Waals surface area contributed by atoms with Crippen LogP contribution >= 0.6 is 15.9 Å². The van der Waals surface area contributed by atoms with Gasteiger partial charge in [0.2, 0.25) is 0 Å². The molecule has 5 nitrogen and oxygen atoms in total. The largest absolute Gasteiger partial charge is 0.481 e. The van der Waals surface area contributed by atoms with Gasteiger partial charge < -0.3 is 5.11 Å². The lowest BCUT2D eigenvalue weighted by Gasteiger charge is -2.29. The Morgan fingerprint density at radius 3 is 2.56 bits per heavy atom. The van der Waals surface area contributed by atoms with E-state index in [0.717, 1.165) is 48.3 Å². The van der Waals surface area contributed by atoms with E-state index in [0.29, 0.717) is 0 Å². The first-order valence-electron chi connectivity index (χ1n) is 6.12. The SMILES string of the molecule is Cc1nn(C)c(CN2CCC(C(=O)O)CC2)c1Br. The zero-order valence-corrected chi connectivity index (χ0v) is 12.3. The first kappa shape index (κ1) is 13.5. The Morgan fingerprint density at radius 1 is 1.50 bits per heavy atom. The second kappa shape index (κ2) is 5.40. The predicted octanol–water partition coefficient (Wildman–Crippen LogP) is 1.79. The first-order valence-corrected chi connectivity index (χ1v) is 6.91. The molecule has 1 fully saturated rings. The van der Waals surface area contributed by atoms with Crippen molar-refractivity contribution in [3.05, 3.63) is 15.9 Å². The molecule has 0 saturated carbocycles. The van der Waals surface area contributed by atoms with Crippen molar-refractivity contribution >= 4 is 21.9 Å². The van der Waals surface area contributed by atoms with Gasteiger partial charge in [-0.05, 0) is 48.8 Å². The topological polar surface area (TPSA) is 58.4 Å². The lowest BCUT2D eigenvalue weighted by atomic mass is 9.97. The Labute approximate surface area is 115 Å². The van der Waals surface area contributed by atoms with E-state index in [9.17, 15) is 4.79 Å². The molecule has 0 aromatic carbocycles. The molecule has 0 spiro atoms. The quantitative estimate of drug-likeness (QED) is 0.924. The first-order chi connectivity index (χ1) is 8.49. The van der Waals surface area contributed by atoms with Gasteiger partial charge in [-0.1, -0.05) is 0 Å². The summed E-state index contributed by atoms with van der Waals surface area (Å²) in [5.41, 5.74) is 2.15. The number of halogens is 1. The Hall–Kier alpha value is -0.880. The van der Waals surface area contributed by atoms with Crippen LogP contribution in [0.25, 0.3) is 0 Å². The van der Waals surface area contributed by atoms with Crippen LogP contribution in [0, 0.1) is 12.8 Å². The van der Waals surface area contributed by atoms with Crippen molar-refractivity contribution in [2.75, 3.05) is 13.1 Å². The van der Waals surface area contributed by atoms with Crippen molar-refractivity contribution < 1.29 is 9.90 Å². The average molecular weight is 316 g/mol. The molecular weight excluding hydrogens is 298 g/mol. The smallest absolute Gasteiger partial charge is 0.306 e. The number of carboxylic acid groups (broad SMARTS) is 1. The highest BCUT2D eigenvalue weighted by Crippen LogP contribution is 2.24. The highest BCUT2D eigenvalue weighted by Gasteiger charge is 2.25. The Kier molecular flexibility index (Phi) is 4.07. The van der Waals surface area contributed by atoms with E-state index in [1.165, 1.54) is 0 Å². The monoisotopic (exact) mass is 315 g/mol. The number of carbonyl (C=O) groups is 1. The number of likely N-dealkylation sites (tertiary alicyclic amines) is 1. The van der Waals surface area contributed by atoms with Crippen LogP contribution < -0.4 is 0 Å². The average Bonchev–Trinajstić information content (AvgIpc) is 2.57. The van der Waals surface area contributed by atoms with Gasteiger partial charge in [0.1, 0.15) is 0 Å². The number of rotatable bonds is 3. The number of piperidine rings is 1. The van der Waals surface area contributed by atoms with Gasteiger partial charge in [-0.2, -0.15) is 5.10 Å². The van der Waals surface area contributed by atoms with Crippen LogP contribution in [0.5, 0.6) is 0 Å². The fraction of sp³-hybridized carbons (Fsp3) is 0.667. The van der Waals surface area contributed by atoms with Gasteiger partial charge >= 0.3 is 5.97 Å². The Morgan fingerprint density at radius 2 is 2.11 bits per heavy atom. The summed E-state index contributed by atoms with van der Waals surface area (Å²) in [6.45, 7) is 4.48. The number of aliphatic carboxylic acids is 1. The van der Waals surface area contributed by atoms with E-state index in [1.54, 1.807) is 0 Å². The molecule has 0 atom stereocenters. The van der Waals surface area contributed by atoms with Gasteiger partial charge in [0, 0.05) is 13.6 Å². The van der Waals surface area contributed by atoms with E-state index < -0.39 is 5.97 Å². The standard InChI is InChI=1S/C12H18BrN3O2/c1-8-11(13)10(15(2)14-8)7-16-5-3-9(4-6-16)12(17)18/h9H,3-7H2,1-2H3,(H,17,18). The number of carboxylic acids is 1. The van der Waals surface area contributed by atoms with E-state index in [2.05, 4.69) is 25.9 Å². The summed E-state index contributed by atoms with van der Waals surface area (Å²) in [6.07, 6.45) is 1.48. The zero-order chi connectivity index (χ0) is 13.3. The fourth-order valence-electron chi connectivity index (χ4n) is 2.40. The lowest BCUT2D eigenvalue weighted by molar-refractivity contribution is -0.143. The normalized spacial score (nSPS) is 18.2. The number of aryl methyl sites for hydroxylation is 2. The molecule has 1 aromatic heterocycles. The van der Waals surface area contributed by atoms with Crippen LogP contribution in [-0.4, -0.2) is 38.8 Å². The number of aromatic nitrogens is 2. The molecule has 0 bridgehead atoms. The van der Waals surface area contributed by atoms with E-state index in [-0.39, 0.29) is 5.92 Å². The molecule has 0 amide bonds. The lowest BCUT2D eigenvalue weighted by Crippen LogP contribution is -2.36. The molecule has 100 valence electrons. The molecule has 18 heavy (non-hydrogen) atoms. The molecule has 2 heterocycles. The molecule has 0 unspecified atom stereocenters. The van der Waals surface area contributed by atoms with Crippen LogP contribution in [0.15, 0.2) is 4.47 Å². The second-order valence-corrected chi connectivity index (χ2v) is 5.65. The van der Waals surface area contributed by atoms with Crippen molar-refractivity contribution in [2.45, 2.75) is 26.3 Å². The summed E-state index contributed by atoms with van der Waals surface area (Å²) >= 11 is 3.56. The molecule has 1 aromatic rings. The minimum atomic E-state index is -0.660. The molecule has 1 aliphatic heterocycles. The maximum absolute atomic E-state index is 10.9. The van der Waals surface area contributed by atoms with Crippen molar-refractivity contribution in [2.24, 2.45) is 13.0 Å². The van der Waals surface area contributed by atoms with Crippen LogP contribution in [0.3, 0.4) is 0 Å². The van der Waals surface area contributed by atoms with E-state index >= 15 is 0 Å². The van der Waals surface area contributed by atoms with Gasteiger partial charge in [-0.15, -0.1) is 0 Å². The number of nitrogens with zero attached hydrogens (tertiary/aromatic N) is 3. The number of hydrogen-bond donors (Lipinski definition) is 1. The molecule has 1 N–H and O–H groups in total. The molecule has 2 rings (SSSR count). The van der Waals surface area contributed by atoms with Crippen molar-refractivity contribution in [1.29, 1.82) is 0 Å². The highest BCUT2D eigenvalue weighted by atomic mass is 79.9. The summed E-state index contributed by atoms with van der Waals surface area (Å²) in [7, 11) is 1.94. The summed E-state index contributed by atoms with van der Waals surface area (Å²) in [5, 5.41) is 13.3. The van der Waals surface area contributed by atoms with E-state index in [4.69, 9.17) is 5.11 Å². The van der Waals surface area contributed by atoms with Gasteiger partial charge in [-0.25, -0.2) is 0 Å². The number of hydrogen-bond acceptors (Lipinski definition) is 3. The predicted molar refractivity (Wildman–Crippen MR) is 71.3 cm³/mol. The third-order valence-corrected chi connectivity index (χ3v) is 4.60. The summed E-state index contributed by atoms with van der Waals surface area (Å²) in [5.74, 6) is -0.829. The maximum Gasteiger partial charge on any atom is 0.306 e. The zero-order valence-electron chi connectivity index (χ0n) is 10.7. The fourth-order valence-corrected chi connectivity index (χ4v) is 2.86. The van der Waals surface area contributed by atoms with Crippen LogP contribution in [0.4, 0.5) is 0 Å². The van der Waals surface area contributed by atoms with Crippen LogP contribution in [0.2, 0.25) is 0 Å². The van der Waals surface area contributed by atoms with E-state index in [1.807, 2.05) is 18.7 Å². The second-order valence-electron chi connectivity index (χ2n) is 4.86. The van der Waals surface area contributed by atoms with Crippen molar-refractivity contribution in [3.8, 4) is 0 Å². The van der Waals surface area contributed by atoms with Crippen LogP contribution in [-0.2, 0) is 18.4 Å². The third-order valence-electron chi connectivity index (χ3n) is 3.57. The minimum absolute atomic E-state index is 0.169. The van der Waals surface area contributed by atoms with Gasteiger partial charge in [0.25, 0.3) is 0 Å². The third kappa shape index (κ3) is 2.75. The minimum Gasteiger partial charge on any atom is -0.481 e. The Bertz CT molecular complexity index is 450. The van der Waals surface area contributed by atoms with Crippen molar-refractivity contribution in [1.82, 2.24) is 14.7 Å². The molecular formula is C12H18BrN3O2. The molecule has 1 aliphatic rings. The van der Waals surface area contributed by atoms with Crippen molar-refractivity contribution in [3.63, 3.8) is 0 Å². The summed E-state index contributed by atoms with van der Waals surface area (Å²) in [6, 6.07) is 0. The Balaban J connectivity index is 1.97. The van der Waals surface area contributed by atoms with Gasteiger partial charge in [-0.3, -0.25) is 14.4 Å². The molecule has 1 saturated heterocycles. The summed E-state index contributed by atoms with van der Waals surface area (Å²) < 4.78 is 2.95. The van der Waals surface area contributed by atoms with Gasteiger partial charge in [0.15, 0.2) is 0 Å². The molecule has 6 heteroatoms.